The molecule has 3 rings (SSSR count). The molecule has 0 bridgehead atoms. The molecule has 1 atom stereocenters. The maximum absolute atomic E-state index is 12.6. The number of carbonyl (C=O) groups excluding carboxylic acids is 1. The molecule has 0 aliphatic carbocycles. The molecule has 2 aromatic rings. The van der Waals surface area contributed by atoms with E-state index < -0.39 is 11.6 Å². The van der Waals surface area contributed by atoms with Gasteiger partial charge in [-0.25, -0.2) is 0 Å². The Kier molecular flexibility index (Phi) is 4.61. The van der Waals surface area contributed by atoms with Crippen LogP contribution in [0.25, 0.3) is 0 Å². The molecule has 0 fully saturated rings. The number of rotatable bonds is 3. The standard InChI is InChI=1S/C18H17Cl2NO3/c1-18(2,11-7-8-12(19)13(20)9-11)21-17(22)16-10-23-14-5-3-4-6-15(14)24-16/h3-9,16H,10H2,1-2H3,(H,21,22). The van der Waals surface area contributed by atoms with Gasteiger partial charge in [-0.1, -0.05) is 41.4 Å². The highest BCUT2D eigenvalue weighted by atomic mass is 35.5. The van der Waals surface area contributed by atoms with Gasteiger partial charge in [0.25, 0.3) is 5.91 Å². The molecule has 0 saturated heterocycles. The Hall–Kier alpha value is -1.91. The summed E-state index contributed by atoms with van der Waals surface area (Å²) in [5.41, 5.74) is 0.216. The lowest BCUT2D eigenvalue weighted by Crippen LogP contribution is -2.50. The first-order valence-corrected chi connectivity index (χ1v) is 8.28. The minimum Gasteiger partial charge on any atom is -0.485 e. The molecule has 126 valence electrons. The van der Waals surface area contributed by atoms with Crippen LogP contribution in [0.1, 0.15) is 19.4 Å². The van der Waals surface area contributed by atoms with Crippen molar-refractivity contribution in [3.63, 3.8) is 0 Å². The molecule has 0 aromatic heterocycles. The third-order valence-electron chi connectivity index (χ3n) is 3.88. The van der Waals surface area contributed by atoms with Gasteiger partial charge in [-0.2, -0.15) is 0 Å². The van der Waals surface area contributed by atoms with Crippen LogP contribution in [0.3, 0.4) is 0 Å². The molecule has 0 saturated carbocycles. The van der Waals surface area contributed by atoms with Gasteiger partial charge >= 0.3 is 0 Å². The summed E-state index contributed by atoms with van der Waals surface area (Å²) in [5, 5.41) is 3.90. The largest absolute Gasteiger partial charge is 0.485 e. The zero-order chi connectivity index (χ0) is 17.3. The van der Waals surface area contributed by atoms with E-state index in [1.165, 1.54) is 0 Å². The molecule has 1 aliphatic heterocycles. The quantitative estimate of drug-likeness (QED) is 0.886. The average Bonchev–Trinajstić information content (AvgIpc) is 2.56. The third-order valence-corrected chi connectivity index (χ3v) is 4.62. The lowest BCUT2D eigenvalue weighted by Gasteiger charge is -2.31. The number of hydrogen-bond acceptors (Lipinski definition) is 3. The van der Waals surface area contributed by atoms with Crippen LogP contribution in [0.2, 0.25) is 10.0 Å². The van der Waals surface area contributed by atoms with Gasteiger partial charge < -0.3 is 14.8 Å². The van der Waals surface area contributed by atoms with Gasteiger partial charge in [0.15, 0.2) is 11.5 Å². The summed E-state index contributed by atoms with van der Waals surface area (Å²) in [6.07, 6.45) is -0.707. The zero-order valence-corrected chi connectivity index (χ0v) is 14.8. The van der Waals surface area contributed by atoms with Crippen LogP contribution < -0.4 is 14.8 Å². The van der Waals surface area contributed by atoms with Crippen LogP contribution in [0.5, 0.6) is 11.5 Å². The van der Waals surface area contributed by atoms with Crippen LogP contribution in [-0.2, 0) is 10.3 Å². The van der Waals surface area contributed by atoms with Gasteiger partial charge in [0.1, 0.15) is 6.61 Å². The lowest BCUT2D eigenvalue weighted by molar-refractivity contribution is -0.132. The smallest absolute Gasteiger partial charge is 0.265 e. The molecule has 1 N–H and O–H groups in total. The first-order valence-electron chi connectivity index (χ1n) is 7.53. The van der Waals surface area contributed by atoms with Crippen molar-refractivity contribution in [1.29, 1.82) is 0 Å². The summed E-state index contributed by atoms with van der Waals surface area (Å²) in [4.78, 5) is 12.6. The molecule has 1 heterocycles. The first-order chi connectivity index (χ1) is 11.4. The predicted molar refractivity (Wildman–Crippen MR) is 94.0 cm³/mol. The van der Waals surface area contributed by atoms with Crippen LogP contribution in [0.4, 0.5) is 0 Å². The van der Waals surface area contributed by atoms with Crippen molar-refractivity contribution in [3.05, 3.63) is 58.1 Å². The minimum atomic E-state index is -0.707. The van der Waals surface area contributed by atoms with Gasteiger partial charge in [-0.05, 0) is 43.7 Å². The molecule has 1 aliphatic rings. The van der Waals surface area contributed by atoms with E-state index in [4.69, 9.17) is 32.7 Å². The lowest BCUT2D eigenvalue weighted by atomic mass is 9.94. The van der Waals surface area contributed by atoms with Crippen LogP contribution >= 0.6 is 23.2 Å². The Morgan fingerprint density at radius 2 is 1.83 bits per heavy atom. The van der Waals surface area contributed by atoms with Crippen molar-refractivity contribution in [3.8, 4) is 11.5 Å². The number of hydrogen-bond donors (Lipinski definition) is 1. The van der Waals surface area contributed by atoms with Crippen molar-refractivity contribution >= 4 is 29.1 Å². The number of amides is 1. The fourth-order valence-corrected chi connectivity index (χ4v) is 2.79. The van der Waals surface area contributed by atoms with E-state index in [0.29, 0.717) is 21.5 Å². The normalized spacial score (nSPS) is 16.6. The van der Waals surface area contributed by atoms with E-state index in [1.807, 2.05) is 38.1 Å². The summed E-state index contributed by atoms with van der Waals surface area (Å²) >= 11 is 12.0. The van der Waals surface area contributed by atoms with E-state index in [2.05, 4.69) is 5.32 Å². The zero-order valence-electron chi connectivity index (χ0n) is 13.3. The molecule has 1 unspecified atom stereocenters. The van der Waals surface area contributed by atoms with Crippen LogP contribution in [0, 0.1) is 0 Å². The SMILES string of the molecule is CC(C)(NC(=O)C1COc2ccccc2O1)c1ccc(Cl)c(Cl)c1. The molecule has 1 amide bonds. The molecule has 6 heteroatoms. The highest BCUT2D eigenvalue weighted by Gasteiger charge is 2.32. The second kappa shape index (κ2) is 6.54. The van der Waals surface area contributed by atoms with Crippen molar-refractivity contribution in [2.24, 2.45) is 0 Å². The molecular weight excluding hydrogens is 349 g/mol. The highest BCUT2D eigenvalue weighted by Crippen LogP contribution is 2.32. The van der Waals surface area contributed by atoms with E-state index in [0.717, 1.165) is 5.56 Å². The molecule has 0 radical (unpaired) electrons. The molecule has 0 spiro atoms. The molecule has 24 heavy (non-hydrogen) atoms. The van der Waals surface area contributed by atoms with E-state index in [1.54, 1.807) is 18.2 Å². The van der Waals surface area contributed by atoms with Crippen molar-refractivity contribution in [2.75, 3.05) is 6.61 Å². The number of nitrogens with one attached hydrogen (secondary N) is 1. The Morgan fingerprint density at radius 3 is 2.54 bits per heavy atom. The predicted octanol–water partition coefficient (Wildman–Crippen LogP) is 4.18. The van der Waals surface area contributed by atoms with Gasteiger partial charge in [-0.15, -0.1) is 0 Å². The molecular formula is C18H17Cl2NO3. The number of halogens is 2. The molecule has 4 nitrogen and oxygen atoms in total. The number of benzene rings is 2. The maximum Gasteiger partial charge on any atom is 0.265 e. The van der Waals surface area contributed by atoms with Gasteiger partial charge in [-0.3, -0.25) is 4.79 Å². The van der Waals surface area contributed by atoms with Crippen molar-refractivity contribution < 1.29 is 14.3 Å². The van der Waals surface area contributed by atoms with E-state index >= 15 is 0 Å². The summed E-state index contributed by atoms with van der Waals surface area (Å²) in [6.45, 7) is 3.95. The Labute approximate surface area is 150 Å². The van der Waals surface area contributed by atoms with Crippen molar-refractivity contribution in [2.45, 2.75) is 25.5 Å². The van der Waals surface area contributed by atoms with Crippen molar-refractivity contribution in [1.82, 2.24) is 5.32 Å². The first kappa shape index (κ1) is 16.9. The fourth-order valence-electron chi connectivity index (χ4n) is 2.49. The van der Waals surface area contributed by atoms with Gasteiger partial charge in [0, 0.05) is 0 Å². The van der Waals surface area contributed by atoms with Crippen LogP contribution in [-0.4, -0.2) is 18.6 Å². The Morgan fingerprint density at radius 1 is 1.12 bits per heavy atom. The monoisotopic (exact) mass is 365 g/mol. The Balaban J connectivity index is 1.73. The van der Waals surface area contributed by atoms with Gasteiger partial charge in [0.2, 0.25) is 6.10 Å². The average molecular weight is 366 g/mol. The highest BCUT2D eigenvalue weighted by molar-refractivity contribution is 6.42. The maximum atomic E-state index is 12.6. The summed E-state index contributed by atoms with van der Waals surface area (Å²) in [6, 6.07) is 12.6. The van der Waals surface area contributed by atoms with E-state index in [9.17, 15) is 4.79 Å². The number of carbonyl (C=O) groups is 1. The minimum absolute atomic E-state index is 0.167. The molecule has 2 aromatic carbocycles. The number of para-hydroxylation sites is 2. The fraction of sp³-hybridized carbons (Fsp3) is 0.278. The van der Waals surface area contributed by atoms with Gasteiger partial charge in [0.05, 0.1) is 15.6 Å². The summed E-state index contributed by atoms with van der Waals surface area (Å²) < 4.78 is 11.3. The summed E-state index contributed by atoms with van der Waals surface area (Å²) in [7, 11) is 0. The summed E-state index contributed by atoms with van der Waals surface area (Å²) in [5.74, 6) is 0.960. The van der Waals surface area contributed by atoms with Crippen LogP contribution in [0.15, 0.2) is 42.5 Å². The number of fused-ring (bicyclic) bond motifs is 1. The number of ether oxygens (including phenoxy) is 2. The second-order valence-electron chi connectivity index (χ2n) is 6.11. The topological polar surface area (TPSA) is 47.6 Å². The third kappa shape index (κ3) is 3.45. The Bertz CT molecular complexity index is 777. The van der Waals surface area contributed by atoms with E-state index in [-0.39, 0.29) is 12.5 Å². The second-order valence-corrected chi connectivity index (χ2v) is 6.92.